The molecule has 0 aliphatic heterocycles. The molecule has 0 bridgehead atoms. The first-order valence-electron chi connectivity index (χ1n) is 6.04. The molecule has 2 aromatic heterocycles. The van der Waals surface area contributed by atoms with E-state index < -0.39 is 0 Å². The number of furan rings is 1. The van der Waals surface area contributed by atoms with E-state index in [-0.39, 0.29) is 6.10 Å². The molecule has 0 aromatic carbocycles. The highest BCUT2D eigenvalue weighted by Gasteiger charge is 2.07. The van der Waals surface area contributed by atoms with Crippen LogP contribution in [0.25, 0.3) is 11.3 Å². The summed E-state index contributed by atoms with van der Waals surface area (Å²) in [7, 11) is 1.89. The summed E-state index contributed by atoms with van der Waals surface area (Å²) >= 11 is 0. The molecule has 0 radical (unpaired) electrons. The van der Waals surface area contributed by atoms with E-state index in [2.05, 4.69) is 10.3 Å². The molecule has 1 N–H and O–H groups in total. The number of hydrogen-bond donors (Lipinski definition) is 1. The summed E-state index contributed by atoms with van der Waals surface area (Å²) in [6.45, 7) is 4.70. The van der Waals surface area contributed by atoms with Crippen LogP contribution in [0.15, 0.2) is 35.0 Å². The van der Waals surface area contributed by atoms with Crippen LogP contribution in [-0.2, 0) is 6.54 Å². The predicted octanol–water partition coefficient (Wildman–Crippen LogP) is 2.85. The van der Waals surface area contributed by atoms with E-state index in [1.54, 1.807) is 12.4 Å². The Balaban J connectivity index is 2.21. The second-order valence-electron chi connectivity index (χ2n) is 4.37. The molecule has 2 heterocycles. The van der Waals surface area contributed by atoms with E-state index in [1.165, 1.54) is 0 Å². The number of ether oxygens (including phenoxy) is 1. The highest BCUT2D eigenvalue weighted by Crippen LogP contribution is 2.25. The average Bonchev–Trinajstić information content (AvgIpc) is 2.78. The van der Waals surface area contributed by atoms with Crippen molar-refractivity contribution in [3.63, 3.8) is 0 Å². The molecule has 0 atom stereocenters. The minimum Gasteiger partial charge on any atom is -0.489 e. The van der Waals surface area contributed by atoms with Crippen LogP contribution in [0.4, 0.5) is 0 Å². The lowest BCUT2D eigenvalue weighted by Crippen LogP contribution is -2.05. The molecule has 0 aliphatic carbocycles. The van der Waals surface area contributed by atoms with Crippen molar-refractivity contribution in [3.05, 3.63) is 36.4 Å². The summed E-state index contributed by atoms with van der Waals surface area (Å²) in [6, 6.07) is 5.85. The SMILES string of the molecule is CNCc1ccc(-c2cncc(OC(C)C)c2)o1. The normalized spacial score (nSPS) is 10.9. The van der Waals surface area contributed by atoms with Gasteiger partial charge >= 0.3 is 0 Å². The highest BCUT2D eigenvalue weighted by molar-refractivity contribution is 5.58. The zero-order chi connectivity index (χ0) is 13.0. The number of nitrogens with zero attached hydrogens (tertiary/aromatic N) is 1. The smallest absolute Gasteiger partial charge is 0.138 e. The van der Waals surface area contributed by atoms with E-state index in [0.717, 1.165) is 29.4 Å². The van der Waals surface area contributed by atoms with Crippen LogP contribution < -0.4 is 10.1 Å². The monoisotopic (exact) mass is 246 g/mol. The van der Waals surface area contributed by atoms with Crippen LogP contribution >= 0.6 is 0 Å². The van der Waals surface area contributed by atoms with Gasteiger partial charge in [0.1, 0.15) is 17.3 Å². The van der Waals surface area contributed by atoms with Crippen molar-refractivity contribution in [1.29, 1.82) is 0 Å². The number of nitrogens with one attached hydrogen (secondary N) is 1. The van der Waals surface area contributed by atoms with Crippen molar-refractivity contribution >= 4 is 0 Å². The van der Waals surface area contributed by atoms with E-state index in [0.29, 0.717) is 0 Å². The maximum atomic E-state index is 5.71. The molecule has 2 rings (SSSR count). The molecular weight excluding hydrogens is 228 g/mol. The topological polar surface area (TPSA) is 47.3 Å². The molecule has 96 valence electrons. The Morgan fingerprint density at radius 3 is 2.89 bits per heavy atom. The van der Waals surface area contributed by atoms with Crippen molar-refractivity contribution in [2.75, 3.05) is 7.05 Å². The Bertz CT molecular complexity index is 506. The summed E-state index contributed by atoms with van der Waals surface area (Å²) < 4.78 is 11.3. The maximum Gasteiger partial charge on any atom is 0.138 e. The Hall–Kier alpha value is -1.81. The summed E-state index contributed by atoms with van der Waals surface area (Å²) in [5, 5.41) is 3.05. The zero-order valence-electron chi connectivity index (χ0n) is 10.9. The van der Waals surface area contributed by atoms with Crippen molar-refractivity contribution in [2.24, 2.45) is 0 Å². The lowest BCUT2D eigenvalue weighted by molar-refractivity contribution is 0.241. The van der Waals surface area contributed by atoms with Crippen LogP contribution in [0.5, 0.6) is 5.75 Å². The van der Waals surface area contributed by atoms with Crippen LogP contribution in [-0.4, -0.2) is 18.1 Å². The summed E-state index contributed by atoms with van der Waals surface area (Å²) in [4.78, 5) is 4.17. The van der Waals surface area contributed by atoms with Crippen molar-refractivity contribution < 1.29 is 9.15 Å². The molecule has 0 amide bonds. The maximum absolute atomic E-state index is 5.71. The number of rotatable bonds is 5. The van der Waals surface area contributed by atoms with Crippen LogP contribution in [0.2, 0.25) is 0 Å². The second kappa shape index (κ2) is 5.69. The predicted molar refractivity (Wildman–Crippen MR) is 70.5 cm³/mol. The molecule has 0 saturated carbocycles. The van der Waals surface area contributed by atoms with Crippen LogP contribution in [0.1, 0.15) is 19.6 Å². The van der Waals surface area contributed by atoms with Crippen molar-refractivity contribution in [3.8, 4) is 17.1 Å². The third-order valence-corrected chi connectivity index (χ3v) is 2.38. The lowest BCUT2D eigenvalue weighted by atomic mass is 10.2. The van der Waals surface area contributed by atoms with Gasteiger partial charge in [0.05, 0.1) is 18.8 Å². The fraction of sp³-hybridized carbons (Fsp3) is 0.357. The van der Waals surface area contributed by atoms with Gasteiger partial charge in [-0.2, -0.15) is 0 Å². The van der Waals surface area contributed by atoms with Gasteiger partial charge in [0.15, 0.2) is 0 Å². The summed E-state index contributed by atoms with van der Waals surface area (Å²) in [5.41, 5.74) is 0.926. The third-order valence-electron chi connectivity index (χ3n) is 2.38. The van der Waals surface area contributed by atoms with Gasteiger partial charge in [0, 0.05) is 11.8 Å². The highest BCUT2D eigenvalue weighted by atomic mass is 16.5. The van der Waals surface area contributed by atoms with E-state index in [1.807, 2.05) is 39.1 Å². The molecule has 2 aromatic rings. The fourth-order valence-corrected chi connectivity index (χ4v) is 1.69. The molecule has 4 nitrogen and oxygen atoms in total. The Kier molecular flexibility index (Phi) is 3.99. The largest absolute Gasteiger partial charge is 0.489 e. The molecule has 0 unspecified atom stereocenters. The van der Waals surface area contributed by atoms with Gasteiger partial charge in [0.2, 0.25) is 0 Å². The number of pyridine rings is 1. The van der Waals surface area contributed by atoms with E-state index in [4.69, 9.17) is 9.15 Å². The fourth-order valence-electron chi connectivity index (χ4n) is 1.69. The standard InChI is InChI=1S/C14H18N2O2/c1-10(2)17-13-6-11(7-16-9-13)14-5-4-12(18-14)8-15-3/h4-7,9-10,15H,8H2,1-3H3. The second-order valence-corrected chi connectivity index (χ2v) is 4.37. The minimum absolute atomic E-state index is 0.138. The van der Waals surface area contributed by atoms with Crippen LogP contribution in [0.3, 0.4) is 0 Å². The van der Waals surface area contributed by atoms with Crippen molar-refractivity contribution in [2.45, 2.75) is 26.5 Å². The third kappa shape index (κ3) is 3.11. The Labute approximate surface area is 107 Å². The summed E-state index contributed by atoms with van der Waals surface area (Å²) in [6.07, 6.45) is 3.62. The summed E-state index contributed by atoms with van der Waals surface area (Å²) in [5.74, 6) is 2.47. The van der Waals surface area contributed by atoms with Gasteiger partial charge in [-0.05, 0) is 39.1 Å². The zero-order valence-corrected chi connectivity index (χ0v) is 10.9. The number of hydrogen-bond acceptors (Lipinski definition) is 4. The molecule has 18 heavy (non-hydrogen) atoms. The molecule has 4 heteroatoms. The Morgan fingerprint density at radius 1 is 1.33 bits per heavy atom. The van der Waals surface area contributed by atoms with Crippen molar-refractivity contribution in [1.82, 2.24) is 10.3 Å². The quantitative estimate of drug-likeness (QED) is 0.881. The Morgan fingerprint density at radius 2 is 2.17 bits per heavy atom. The average molecular weight is 246 g/mol. The van der Waals surface area contributed by atoms with Gasteiger partial charge < -0.3 is 14.5 Å². The van der Waals surface area contributed by atoms with Gasteiger partial charge in [0.25, 0.3) is 0 Å². The minimum atomic E-state index is 0.138. The number of aromatic nitrogens is 1. The van der Waals surface area contributed by atoms with Gasteiger partial charge in [-0.15, -0.1) is 0 Å². The van der Waals surface area contributed by atoms with Gasteiger partial charge in [-0.25, -0.2) is 0 Å². The molecule has 0 fully saturated rings. The molecule has 0 spiro atoms. The van der Waals surface area contributed by atoms with Gasteiger partial charge in [-0.3, -0.25) is 4.98 Å². The molecule has 0 saturated heterocycles. The first kappa shape index (κ1) is 12.6. The van der Waals surface area contributed by atoms with E-state index >= 15 is 0 Å². The first-order chi connectivity index (χ1) is 8.69. The molecular formula is C14H18N2O2. The first-order valence-corrected chi connectivity index (χ1v) is 6.04. The van der Waals surface area contributed by atoms with E-state index in [9.17, 15) is 0 Å². The van der Waals surface area contributed by atoms with Gasteiger partial charge in [-0.1, -0.05) is 0 Å². The lowest BCUT2D eigenvalue weighted by Gasteiger charge is -2.09. The molecule has 0 aliphatic rings. The van der Waals surface area contributed by atoms with Crippen LogP contribution in [0, 0.1) is 0 Å².